The van der Waals surface area contributed by atoms with Crippen LogP contribution in [0.2, 0.25) is 0 Å². The molecule has 0 aliphatic heterocycles. The number of benzene rings is 3. The van der Waals surface area contributed by atoms with E-state index in [1.54, 1.807) is 30.5 Å². The normalized spacial score (nSPS) is 10.7. The molecule has 0 aromatic heterocycles. The summed E-state index contributed by atoms with van der Waals surface area (Å²) in [6, 6.07) is 18.5. The Bertz CT molecular complexity index is 1080. The third-order valence-corrected chi connectivity index (χ3v) is 4.31. The number of amides is 2. The lowest BCUT2D eigenvalue weighted by Gasteiger charge is -2.10. The number of carbonyl (C=O) groups is 2. The number of carbonyl (C=O) groups excluding carboxylic acids is 2. The van der Waals surface area contributed by atoms with Crippen molar-refractivity contribution >= 4 is 34.5 Å². The maximum Gasteiger partial charge on any atom is 0.249 e. The molecule has 3 aromatic carbocycles. The summed E-state index contributed by atoms with van der Waals surface area (Å²) in [6.45, 7) is 2.51. The Morgan fingerprint density at radius 2 is 1.67 bits per heavy atom. The smallest absolute Gasteiger partial charge is 0.249 e. The maximum absolute atomic E-state index is 12.1. The molecule has 3 aromatic rings. The standard InChI is InChI=1S/C23H23N3O4/c1-3-30-20-13-12-16(17-8-4-5-9-18(17)20)15-24-26-23(28)14-22(27)25-19-10-6-7-11-21(19)29-2/h4-13,15H,3,14H2,1-2H3,(H,25,27)(H,26,28). The van der Waals surface area contributed by atoms with Gasteiger partial charge in [0.05, 0.1) is 25.6 Å². The topological polar surface area (TPSA) is 89.0 Å². The molecule has 0 unspecified atom stereocenters. The number of anilines is 1. The minimum atomic E-state index is -0.520. The lowest BCUT2D eigenvalue weighted by atomic mass is 10.0. The van der Waals surface area contributed by atoms with Crippen molar-refractivity contribution in [2.45, 2.75) is 13.3 Å². The van der Waals surface area contributed by atoms with Crippen molar-refractivity contribution in [2.24, 2.45) is 5.10 Å². The molecule has 2 amide bonds. The molecule has 2 N–H and O–H groups in total. The van der Waals surface area contributed by atoms with Crippen LogP contribution in [0, 0.1) is 0 Å². The third-order valence-electron chi connectivity index (χ3n) is 4.31. The van der Waals surface area contributed by atoms with Crippen LogP contribution in [0.15, 0.2) is 65.8 Å². The number of fused-ring (bicyclic) bond motifs is 1. The van der Waals surface area contributed by atoms with E-state index in [0.29, 0.717) is 18.0 Å². The Hall–Kier alpha value is -3.87. The van der Waals surface area contributed by atoms with E-state index in [9.17, 15) is 9.59 Å². The Morgan fingerprint density at radius 1 is 0.933 bits per heavy atom. The van der Waals surface area contributed by atoms with Gasteiger partial charge in [0.25, 0.3) is 0 Å². The molecule has 30 heavy (non-hydrogen) atoms. The number of ether oxygens (including phenoxy) is 2. The van der Waals surface area contributed by atoms with E-state index in [1.165, 1.54) is 7.11 Å². The highest BCUT2D eigenvalue weighted by Gasteiger charge is 2.11. The zero-order valence-corrected chi connectivity index (χ0v) is 16.8. The third kappa shape index (κ3) is 5.14. The molecule has 154 valence electrons. The van der Waals surface area contributed by atoms with E-state index in [-0.39, 0.29) is 6.42 Å². The highest BCUT2D eigenvalue weighted by atomic mass is 16.5. The van der Waals surface area contributed by atoms with Crippen molar-refractivity contribution < 1.29 is 19.1 Å². The summed E-state index contributed by atoms with van der Waals surface area (Å²) in [5.74, 6) is 0.335. The molecule has 0 atom stereocenters. The average Bonchev–Trinajstić information content (AvgIpc) is 2.75. The number of nitrogens with zero attached hydrogens (tertiary/aromatic N) is 1. The van der Waals surface area contributed by atoms with Crippen LogP contribution in [0.3, 0.4) is 0 Å². The van der Waals surface area contributed by atoms with Gasteiger partial charge in [-0.3, -0.25) is 9.59 Å². The highest BCUT2D eigenvalue weighted by Crippen LogP contribution is 2.28. The minimum absolute atomic E-state index is 0.362. The average molecular weight is 405 g/mol. The molecule has 7 heteroatoms. The van der Waals surface area contributed by atoms with E-state index in [2.05, 4.69) is 15.8 Å². The Kier molecular flexibility index (Phi) is 7.00. The predicted molar refractivity (Wildman–Crippen MR) is 117 cm³/mol. The molecule has 0 radical (unpaired) electrons. The second kappa shape index (κ2) is 10.1. The first-order valence-corrected chi connectivity index (χ1v) is 9.51. The molecule has 0 heterocycles. The van der Waals surface area contributed by atoms with Gasteiger partial charge in [-0.2, -0.15) is 5.10 Å². The molecule has 3 rings (SSSR count). The van der Waals surface area contributed by atoms with Crippen molar-refractivity contribution in [3.05, 3.63) is 66.2 Å². The van der Waals surface area contributed by atoms with E-state index in [1.807, 2.05) is 43.3 Å². The first-order chi connectivity index (χ1) is 14.6. The molecule has 0 saturated heterocycles. The van der Waals surface area contributed by atoms with Gasteiger partial charge in [-0.15, -0.1) is 0 Å². The fourth-order valence-corrected chi connectivity index (χ4v) is 2.99. The van der Waals surface area contributed by atoms with Crippen molar-refractivity contribution in [1.82, 2.24) is 5.43 Å². The highest BCUT2D eigenvalue weighted by molar-refractivity contribution is 6.05. The van der Waals surface area contributed by atoms with E-state index >= 15 is 0 Å². The van der Waals surface area contributed by atoms with Crippen LogP contribution >= 0.6 is 0 Å². The fraction of sp³-hybridized carbons (Fsp3) is 0.174. The number of para-hydroxylation sites is 2. The van der Waals surface area contributed by atoms with Crippen molar-refractivity contribution in [1.29, 1.82) is 0 Å². The van der Waals surface area contributed by atoms with Gasteiger partial charge in [0.2, 0.25) is 11.8 Å². The van der Waals surface area contributed by atoms with Crippen LogP contribution in [-0.2, 0) is 9.59 Å². The second-order valence-corrected chi connectivity index (χ2v) is 6.35. The van der Waals surface area contributed by atoms with Crippen LogP contribution in [0.5, 0.6) is 11.5 Å². The summed E-state index contributed by atoms with van der Waals surface area (Å²) in [5.41, 5.74) is 3.72. The van der Waals surface area contributed by atoms with Gasteiger partial charge in [0.1, 0.15) is 17.9 Å². The molecule has 0 fully saturated rings. The Balaban J connectivity index is 1.62. The van der Waals surface area contributed by atoms with Crippen LogP contribution in [-0.4, -0.2) is 31.7 Å². The SMILES string of the molecule is CCOc1ccc(C=NNC(=O)CC(=O)Nc2ccccc2OC)c2ccccc12. The zero-order chi connectivity index (χ0) is 21.3. The molecule has 0 spiro atoms. The maximum atomic E-state index is 12.1. The summed E-state index contributed by atoms with van der Waals surface area (Å²) >= 11 is 0. The molecular weight excluding hydrogens is 382 g/mol. The van der Waals surface area contributed by atoms with Crippen molar-refractivity contribution in [3.8, 4) is 11.5 Å². The Morgan fingerprint density at radius 3 is 2.43 bits per heavy atom. The van der Waals surface area contributed by atoms with Crippen LogP contribution in [0.25, 0.3) is 10.8 Å². The number of hydrazone groups is 1. The predicted octanol–water partition coefficient (Wildman–Crippen LogP) is 3.73. The quantitative estimate of drug-likeness (QED) is 0.340. The van der Waals surface area contributed by atoms with Gasteiger partial charge in [-0.25, -0.2) is 5.43 Å². The van der Waals surface area contributed by atoms with Gasteiger partial charge < -0.3 is 14.8 Å². The van der Waals surface area contributed by atoms with Gasteiger partial charge in [0, 0.05) is 10.9 Å². The largest absolute Gasteiger partial charge is 0.495 e. The molecule has 0 aliphatic carbocycles. The fourth-order valence-electron chi connectivity index (χ4n) is 2.99. The molecule has 0 saturated carbocycles. The van der Waals surface area contributed by atoms with Crippen LogP contribution < -0.4 is 20.2 Å². The van der Waals surface area contributed by atoms with E-state index in [0.717, 1.165) is 22.1 Å². The minimum Gasteiger partial charge on any atom is -0.495 e. The van der Waals surface area contributed by atoms with Gasteiger partial charge in [0.15, 0.2) is 0 Å². The lowest BCUT2D eigenvalue weighted by molar-refractivity contribution is -0.126. The summed E-state index contributed by atoms with van der Waals surface area (Å²) in [6.07, 6.45) is 1.19. The van der Waals surface area contributed by atoms with Crippen LogP contribution in [0.1, 0.15) is 18.9 Å². The first-order valence-electron chi connectivity index (χ1n) is 9.51. The zero-order valence-electron chi connectivity index (χ0n) is 16.8. The first kappa shape index (κ1) is 20.9. The van der Waals surface area contributed by atoms with E-state index in [4.69, 9.17) is 9.47 Å². The lowest BCUT2D eigenvalue weighted by Crippen LogP contribution is -2.24. The molecular formula is C23H23N3O4. The number of methoxy groups -OCH3 is 1. The van der Waals surface area contributed by atoms with Crippen molar-refractivity contribution in [2.75, 3.05) is 19.0 Å². The number of nitrogens with one attached hydrogen (secondary N) is 2. The van der Waals surface area contributed by atoms with Gasteiger partial charge in [-0.05, 0) is 36.6 Å². The monoisotopic (exact) mass is 405 g/mol. The summed E-state index contributed by atoms with van der Waals surface area (Å²) in [4.78, 5) is 24.2. The number of rotatable bonds is 8. The van der Waals surface area contributed by atoms with Crippen LogP contribution in [0.4, 0.5) is 5.69 Å². The van der Waals surface area contributed by atoms with E-state index < -0.39 is 11.8 Å². The molecule has 0 bridgehead atoms. The Labute approximate surface area is 174 Å². The summed E-state index contributed by atoms with van der Waals surface area (Å²) < 4.78 is 10.8. The summed E-state index contributed by atoms with van der Waals surface area (Å²) in [5, 5.41) is 8.56. The van der Waals surface area contributed by atoms with Gasteiger partial charge in [-0.1, -0.05) is 36.4 Å². The number of hydrogen-bond donors (Lipinski definition) is 2. The molecule has 0 aliphatic rings. The van der Waals surface area contributed by atoms with Crippen molar-refractivity contribution in [3.63, 3.8) is 0 Å². The summed E-state index contributed by atoms with van der Waals surface area (Å²) in [7, 11) is 1.51. The molecule has 7 nitrogen and oxygen atoms in total. The second-order valence-electron chi connectivity index (χ2n) is 6.35. The number of hydrogen-bond acceptors (Lipinski definition) is 5. The van der Waals surface area contributed by atoms with Gasteiger partial charge >= 0.3 is 0 Å².